The number of halogens is 3. The third kappa shape index (κ3) is 3.28. The standard InChI is InChI=1S/C14H10F2INO/c1-8-6-9(15)3-5-13(8)18-14(19)11-4-2-10(16)7-12(11)17/h2-7H,1H3,(H,18,19). The summed E-state index contributed by atoms with van der Waals surface area (Å²) in [5.74, 6) is -1.09. The van der Waals surface area contributed by atoms with Crippen molar-refractivity contribution in [2.45, 2.75) is 6.92 Å². The topological polar surface area (TPSA) is 29.1 Å². The van der Waals surface area contributed by atoms with E-state index in [9.17, 15) is 13.6 Å². The Bertz CT molecular complexity index is 643. The minimum atomic E-state index is -0.390. The molecular formula is C14H10F2INO. The second-order valence-corrected chi connectivity index (χ2v) is 5.20. The molecule has 2 aromatic carbocycles. The second kappa shape index (κ2) is 5.64. The predicted octanol–water partition coefficient (Wildman–Crippen LogP) is 4.13. The molecule has 0 heterocycles. The molecule has 0 saturated carbocycles. The first-order valence-electron chi connectivity index (χ1n) is 5.50. The van der Waals surface area contributed by atoms with Gasteiger partial charge in [0.1, 0.15) is 11.6 Å². The highest BCUT2D eigenvalue weighted by Crippen LogP contribution is 2.19. The molecular weight excluding hydrogens is 363 g/mol. The highest BCUT2D eigenvalue weighted by Gasteiger charge is 2.12. The molecule has 0 radical (unpaired) electrons. The first kappa shape index (κ1) is 13.9. The number of hydrogen-bond acceptors (Lipinski definition) is 1. The van der Waals surface area contributed by atoms with Gasteiger partial charge in [-0.15, -0.1) is 0 Å². The lowest BCUT2D eigenvalue weighted by atomic mass is 10.1. The number of carbonyl (C=O) groups is 1. The van der Waals surface area contributed by atoms with E-state index in [0.29, 0.717) is 20.4 Å². The molecule has 0 aliphatic rings. The zero-order valence-corrected chi connectivity index (χ0v) is 12.2. The lowest BCUT2D eigenvalue weighted by Crippen LogP contribution is -2.14. The molecule has 0 spiro atoms. The molecule has 2 aromatic rings. The zero-order valence-electron chi connectivity index (χ0n) is 10.0. The second-order valence-electron chi connectivity index (χ2n) is 4.04. The maximum atomic E-state index is 13.0. The van der Waals surface area contributed by atoms with Crippen LogP contribution < -0.4 is 5.32 Å². The Hall–Kier alpha value is -1.50. The molecule has 98 valence electrons. The van der Waals surface area contributed by atoms with E-state index >= 15 is 0 Å². The third-order valence-electron chi connectivity index (χ3n) is 2.61. The number of hydrogen-bond donors (Lipinski definition) is 1. The average molecular weight is 373 g/mol. The number of anilines is 1. The Labute approximate surface area is 123 Å². The summed E-state index contributed by atoms with van der Waals surface area (Å²) >= 11 is 1.90. The van der Waals surface area contributed by atoms with Gasteiger partial charge in [0.2, 0.25) is 0 Å². The minimum Gasteiger partial charge on any atom is -0.322 e. The fraction of sp³-hybridized carbons (Fsp3) is 0.0714. The van der Waals surface area contributed by atoms with E-state index in [-0.39, 0.29) is 17.5 Å². The van der Waals surface area contributed by atoms with Crippen molar-refractivity contribution in [3.05, 3.63) is 62.7 Å². The van der Waals surface area contributed by atoms with Crippen molar-refractivity contribution < 1.29 is 13.6 Å². The predicted molar refractivity (Wildman–Crippen MR) is 78.2 cm³/mol. The molecule has 19 heavy (non-hydrogen) atoms. The summed E-state index contributed by atoms with van der Waals surface area (Å²) < 4.78 is 26.5. The smallest absolute Gasteiger partial charge is 0.256 e. The van der Waals surface area contributed by atoms with Crippen molar-refractivity contribution in [2.75, 3.05) is 5.32 Å². The van der Waals surface area contributed by atoms with Gasteiger partial charge in [-0.3, -0.25) is 4.79 Å². The number of aryl methyl sites for hydroxylation is 1. The van der Waals surface area contributed by atoms with Crippen LogP contribution in [0.2, 0.25) is 0 Å². The van der Waals surface area contributed by atoms with Crippen LogP contribution in [-0.4, -0.2) is 5.91 Å². The van der Waals surface area contributed by atoms with Gasteiger partial charge >= 0.3 is 0 Å². The molecule has 0 saturated heterocycles. The van der Waals surface area contributed by atoms with Crippen molar-refractivity contribution in [3.63, 3.8) is 0 Å². The summed E-state index contributed by atoms with van der Waals surface area (Å²) in [7, 11) is 0. The summed E-state index contributed by atoms with van der Waals surface area (Å²) in [6.07, 6.45) is 0. The van der Waals surface area contributed by atoms with Crippen LogP contribution in [0.15, 0.2) is 36.4 Å². The van der Waals surface area contributed by atoms with E-state index in [0.717, 1.165) is 0 Å². The molecule has 0 fully saturated rings. The van der Waals surface area contributed by atoms with E-state index in [1.807, 2.05) is 22.6 Å². The van der Waals surface area contributed by atoms with Crippen LogP contribution in [0.3, 0.4) is 0 Å². The van der Waals surface area contributed by atoms with Gasteiger partial charge in [-0.05, 0) is 71.5 Å². The van der Waals surface area contributed by atoms with Gasteiger partial charge in [-0.1, -0.05) is 0 Å². The van der Waals surface area contributed by atoms with Crippen LogP contribution in [0, 0.1) is 22.1 Å². The fourth-order valence-corrected chi connectivity index (χ4v) is 2.35. The monoisotopic (exact) mass is 373 g/mol. The van der Waals surface area contributed by atoms with E-state index in [2.05, 4.69) is 5.32 Å². The molecule has 0 aliphatic heterocycles. The molecule has 5 heteroatoms. The lowest BCUT2D eigenvalue weighted by Gasteiger charge is -2.09. The van der Waals surface area contributed by atoms with Crippen molar-refractivity contribution in [1.29, 1.82) is 0 Å². The van der Waals surface area contributed by atoms with E-state index in [4.69, 9.17) is 0 Å². The van der Waals surface area contributed by atoms with Crippen molar-refractivity contribution in [1.82, 2.24) is 0 Å². The summed E-state index contributed by atoms with van der Waals surface area (Å²) in [6.45, 7) is 1.70. The number of rotatable bonds is 2. The van der Waals surface area contributed by atoms with Gasteiger partial charge in [0.05, 0.1) is 5.56 Å². The summed E-state index contributed by atoms with van der Waals surface area (Å²) in [5, 5.41) is 2.68. The first-order chi connectivity index (χ1) is 8.97. The highest BCUT2D eigenvalue weighted by atomic mass is 127. The highest BCUT2D eigenvalue weighted by molar-refractivity contribution is 14.1. The summed E-state index contributed by atoms with van der Waals surface area (Å²) in [5.41, 5.74) is 1.54. The van der Waals surface area contributed by atoms with E-state index in [1.54, 1.807) is 6.92 Å². The zero-order chi connectivity index (χ0) is 14.0. The largest absolute Gasteiger partial charge is 0.322 e. The molecule has 2 rings (SSSR count). The van der Waals surface area contributed by atoms with Gasteiger partial charge in [0, 0.05) is 9.26 Å². The van der Waals surface area contributed by atoms with Crippen molar-refractivity contribution in [2.24, 2.45) is 0 Å². The number of carbonyl (C=O) groups excluding carboxylic acids is 1. The Morgan fingerprint density at radius 3 is 2.37 bits per heavy atom. The maximum absolute atomic E-state index is 13.0. The van der Waals surface area contributed by atoms with Gasteiger partial charge < -0.3 is 5.32 Å². The maximum Gasteiger partial charge on any atom is 0.256 e. The third-order valence-corrected chi connectivity index (χ3v) is 3.50. The van der Waals surface area contributed by atoms with Crippen LogP contribution in [0.5, 0.6) is 0 Å². The molecule has 0 unspecified atom stereocenters. The molecule has 2 nitrogen and oxygen atoms in total. The van der Waals surface area contributed by atoms with E-state index < -0.39 is 0 Å². The summed E-state index contributed by atoms with van der Waals surface area (Å²) in [4.78, 5) is 12.1. The Kier molecular flexibility index (Phi) is 4.14. The van der Waals surface area contributed by atoms with Crippen LogP contribution >= 0.6 is 22.6 Å². The van der Waals surface area contributed by atoms with Gasteiger partial charge in [0.15, 0.2) is 0 Å². The van der Waals surface area contributed by atoms with Gasteiger partial charge in [0.25, 0.3) is 5.91 Å². The average Bonchev–Trinajstić information content (AvgIpc) is 2.32. The number of nitrogens with one attached hydrogen (secondary N) is 1. The van der Waals surface area contributed by atoms with Crippen LogP contribution in [0.25, 0.3) is 0 Å². The fourth-order valence-electron chi connectivity index (χ4n) is 1.63. The molecule has 0 aromatic heterocycles. The Morgan fingerprint density at radius 2 is 1.74 bits per heavy atom. The van der Waals surface area contributed by atoms with Crippen molar-refractivity contribution in [3.8, 4) is 0 Å². The van der Waals surface area contributed by atoms with Gasteiger partial charge in [-0.25, -0.2) is 8.78 Å². The van der Waals surface area contributed by atoms with E-state index in [1.165, 1.54) is 36.4 Å². The van der Waals surface area contributed by atoms with Gasteiger partial charge in [-0.2, -0.15) is 0 Å². The molecule has 1 N–H and O–H groups in total. The minimum absolute atomic E-state index is 0.348. The van der Waals surface area contributed by atoms with Crippen LogP contribution in [0.1, 0.15) is 15.9 Å². The molecule has 1 amide bonds. The first-order valence-corrected chi connectivity index (χ1v) is 6.58. The summed E-state index contributed by atoms with van der Waals surface area (Å²) in [6, 6.07) is 8.05. The lowest BCUT2D eigenvalue weighted by molar-refractivity contribution is 0.102. The number of benzene rings is 2. The normalized spacial score (nSPS) is 10.3. The number of amides is 1. The van der Waals surface area contributed by atoms with Crippen LogP contribution in [-0.2, 0) is 0 Å². The SMILES string of the molecule is Cc1cc(F)ccc1NC(=O)c1ccc(F)cc1I. The molecule has 0 aliphatic carbocycles. The quantitative estimate of drug-likeness (QED) is 0.789. The molecule has 0 bridgehead atoms. The Balaban J connectivity index is 2.25. The molecule has 0 atom stereocenters. The Morgan fingerprint density at radius 1 is 1.11 bits per heavy atom. The van der Waals surface area contributed by atoms with Crippen LogP contribution in [0.4, 0.5) is 14.5 Å². The van der Waals surface area contributed by atoms with Crippen molar-refractivity contribution >= 4 is 34.2 Å².